The third-order valence-corrected chi connectivity index (χ3v) is 3.05. The molecule has 96 valence electrons. The summed E-state index contributed by atoms with van der Waals surface area (Å²) in [5, 5.41) is 17.3. The lowest BCUT2D eigenvalue weighted by Gasteiger charge is -2.31. The first-order chi connectivity index (χ1) is 8.19. The van der Waals surface area contributed by atoms with E-state index in [1.807, 2.05) is 0 Å². The van der Waals surface area contributed by atoms with Crippen molar-refractivity contribution in [2.45, 2.75) is 32.6 Å². The fourth-order valence-corrected chi connectivity index (χ4v) is 1.98. The lowest BCUT2D eigenvalue weighted by Crippen LogP contribution is -2.44. The van der Waals surface area contributed by atoms with Gasteiger partial charge in [-0.1, -0.05) is 12.1 Å². The van der Waals surface area contributed by atoms with Gasteiger partial charge in [0.05, 0.1) is 31.6 Å². The molecule has 1 aromatic heterocycles. The summed E-state index contributed by atoms with van der Waals surface area (Å²) in [4.78, 5) is 2.36. The Kier molecular flexibility index (Phi) is 4.09. The molecule has 1 N–H and O–H groups in total. The maximum atomic E-state index is 9.37. The Balaban J connectivity index is 1.91. The molecule has 0 radical (unpaired) electrons. The van der Waals surface area contributed by atoms with E-state index in [4.69, 9.17) is 4.74 Å². The second-order valence-electron chi connectivity index (χ2n) is 4.43. The van der Waals surface area contributed by atoms with Gasteiger partial charge in [-0.2, -0.15) is 0 Å². The number of nitrogens with zero attached hydrogens (tertiary/aromatic N) is 4. The van der Waals surface area contributed by atoms with E-state index in [1.54, 1.807) is 17.8 Å². The summed E-state index contributed by atoms with van der Waals surface area (Å²) in [5.74, 6) is 0. The zero-order chi connectivity index (χ0) is 12.3. The van der Waals surface area contributed by atoms with E-state index in [0.717, 1.165) is 26.2 Å². The molecule has 2 atom stereocenters. The average Bonchev–Trinajstić information content (AvgIpc) is 2.78. The highest BCUT2D eigenvalue weighted by atomic mass is 16.5. The van der Waals surface area contributed by atoms with Crippen LogP contribution in [0.3, 0.4) is 0 Å². The molecule has 1 fully saturated rings. The van der Waals surface area contributed by atoms with E-state index in [2.05, 4.69) is 22.1 Å². The van der Waals surface area contributed by atoms with E-state index < -0.39 is 6.10 Å². The number of aliphatic hydroxyl groups excluding tert-OH is 1. The molecule has 2 rings (SSSR count). The first-order valence-electron chi connectivity index (χ1n) is 6.11. The maximum absolute atomic E-state index is 9.37. The largest absolute Gasteiger partial charge is 0.387 e. The second kappa shape index (κ2) is 5.57. The van der Waals surface area contributed by atoms with Gasteiger partial charge >= 0.3 is 0 Å². The fraction of sp³-hybridized carbons (Fsp3) is 0.818. The van der Waals surface area contributed by atoms with Gasteiger partial charge in [0.1, 0.15) is 5.69 Å². The minimum atomic E-state index is -0.567. The van der Waals surface area contributed by atoms with Crippen molar-refractivity contribution in [1.29, 1.82) is 0 Å². The summed E-state index contributed by atoms with van der Waals surface area (Å²) in [6.07, 6.45) is 1.37. The number of ether oxygens (including phenoxy) is 1. The van der Waals surface area contributed by atoms with Crippen molar-refractivity contribution in [1.82, 2.24) is 19.9 Å². The molecule has 6 nitrogen and oxygen atoms in total. The number of rotatable bonds is 4. The monoisotopic (exact) mass is 240 g/mol. The highest BCUT2D eigenvalue weighted by Gasteiger charge is 2.20. The molecule has 1 aliphatic rings. The number of morpholine rings is 1. The molecule has 2 unspecified atom stereocenters. The van der Waals surface area contributed by atoms with Crippen molar-refractivity contribution in [2.24, 2.45) is 0 Å². The zero-order valence-electron chi connectivity index (χ0n) is 10.4. The summed E-state index contributed by atoms with van der Waals surface area (Å²) < 4.78 is 7.43. The van der Waals surface area contributed by atoms with E-state index >= 15 is 0 Å². The Morgan fingerprint density at radius 1 is 1.65 bits per heavy atom. The third kappa shape index (κ3) is 3.24. The lowest BCUT2D eigenvalue weighted by molar-refractivity contribution is -0.0360. The van der Waals surface area contributed by atoms with Crippen LogP contribution >= 0.6 is 0 Å². The van der Waals surface area contributed by atoms with Crippen LogP contribution in [0, 0.1) is 0 Å². The molecule has 0 aromatic carbocycles. The summed E-state index contributed by atoms with van der Waals surface area (Å²) in [5.41, 5.74) is 0.605. The van der Waals surface area contributed by atoms with E-state index in [1.165, 1.54) is 0 Å². The van der Waals surface area contributed by atoms with E-state index in [0.29, 0.717) is 12.2 Å². The summed E-state index contributed by atoms with van der Waals surface area (Å²) >= 11 is 0. The number of aromatic nitrogens is 3. The van der Waals surface area contributed by atoms with Crippen molar-refractivity contribution in [2.75, 3.05) is 26.2 Å². The standard InChI is InChI=1S/C11H20N4O2/c1-3-14-4-5-17-10(6-14)7-15-8-11(9(2)16)12-13-15/h8-10,16H,3-7H2,1-2H3. The van der Waals surface area contributed by atoms with Crippen molar-refractivity contribution < 1.29 is 9.84 Å². The van der Waals surface area contributed by atoms with Gasteiger partial charge in [-0.25, -0.2) is 4.68 Å². The quantitative estimate of drug-likeness (QED) is 0.806. The van der Waals surface area contributed by atoms with Crippen LogP contribution in [0.15, 0.2) is 6.20 Å². The van der Waals surface area contributed by atoms with Crippen molar-refractivity contribution in [3.63, 3.8) is 0 Å². The predicted octanol–water partition coefficient (Wildman–Crippen LogP) is 0.0521. The molecule has 0 bridgehead atoms. The summed E-state index contributed by atoms with van der Waals surface area (Å²) in [7, 11) is 0. The summed E-state index contributed by atoms with van der Waals surface area (Å²) in [6, 6.07) is 0. The van der Waals surface area contributed by atoms with Crippen molar-refractivity contribution >= 4 is 0 Å². The Bertz CT molecular complexity index is 353. The molecule has 17 heavy (non-hydrogen) atoms. The van der Waals surface area contributed by atoms with Gasteiger partial charge < -0.3 is 9.84 Å². The molecule has 0 aliphatic carbocycles. The number of likely N-dealkylation sites (N-methyl/N-ethyl adjacent to an activating group) is 1. The van der Waals surface area contributed by atoms with Gasteiger partial charge in [0.2, 0.25) is 0 Å². The van der Waals surface area contributed by atoms with Crippen LogP contribution in [0.2, 0.25) is 0 Å². The second-order valence-corrected chi connectivity index (χ2v) is 4.43. The smallest absolute Gasteiger partial charge is 0.111 e. The molecule has 2 heterocycles. The van der Waals surface area contributed by atoms with Crippen LogP contribution in [0.5, 0.6) is 0 Å². The van der Waals surface area contributed by atoms with Gasteiger partial charge in [-0.15, -0.1) is 5.10 Å². The minimum absolute atomic E-state index is 0.159. The van der Waals surface area contributed by atoms with E-state index in [-0.39, 0.29) is 6.10 Å². The Morgan fingerprint density at radius 2 is 2.47 bits per heavy atom. The predicted molar refractivity (Wildman–Crippen MR) is 62.5 cm³/mol. The SMILES string of the molecule is CCN1CCOC(Cn2cc(C(C)O)nn2)C1. The normalized spacial score (nSPS) is 23.8. The van der Waals surface area contributed by atoms with Gasteiger partial charge in [-0.3, -0.25) is 4.90 Å². The van der Waals surface area contributed by atoms with Gasteiger partial charge in [-0.05, 0) is 13.5 Å². The maximum Gasteiger partial charge on any atom is 0.111 e. The van der Waals surface area contributed by atoms with Crippen LogP contribution in [0.1, 0.15) is 25.6 Å². The zero-order valence-corrected chi connectivity index (χ0v) is 10.4. The van der Waals surface area contributed by atoms with Gasteiger partial charge in [0.15, 0.2) is 0 Å². The van der Waals surface area contributed by atoms with Crippen LogP contribution < -0.4 is 0 Å². The van der Waals surface area contributed by atoms with E-state index in [9.17, 15) is 5.11 Å². The van der Waals surface area contributed by atoms with Crippen LogP contribution in [-0.4, -0.2) is 57.3 Å². The molecule has 6 heteroatoms. The van der Waals surface area contributed by atoms with Gasteiger partial charge in [0, 0.05) is 13.1 Å². The molecular weight excluding hydrogens is 220 g/mol. The summed E-state index contributed by atoms with van der Waals surface area (Å²) in [6.45, 7) is 8.29. The molecular formula is C11H20N4O2. The first kappa shape index (κ1) is 12.5. The highest BCUT2D eigenvalue weighted by Crippen LogP contribution is 2.10. The third-order valence-electron chi connectivity index (χ3n) is 3.05. The van der Waals surface area contributed by atoms with Crippen LogP contribution in [0.25, 0.3) is 0 Å². The Hall–Kier alpha value is -0.980. The number of hydrogen-bond acceptors (Lipinski definition) is 5. The van der Waals surface area contributed by atoms with Gasteiger partial charge in [0.25, 0.3) is 0 Å². The molecule has 0 saturated carbocycles. The molecule has 0 spiro atoms. The molecule has 1 aromatic rings. The first-order valence-corrected chi connectivity index (χ1v) is 6.11. The topological polar surface area (TPSA) is 63.4 Å². The fourth-order valence-electron chi connectivity index (χ4n) is 1.98. The van der Waals surface area contributed by atoms with Crippen molar-refractivity contribution in [3.8, 4) is 0 Å². The minimum Gasteiger partial charge on any atom is -0.387 e. The lowest BCUT2D eigenvalue weighted by atomic mass is 10.2. The molecule has 1 aliphatic heterocycles. The number of hydrogen-bond donors (Lipinski definition) is 1. The van der Waals surface area contributed by atoms with Crippen LogP contribution in [-0.2, 0) is 11.3 Å². The molecule has 0 amide bonds. The Labute approximate surface area is 101 Å². The van der Waals surface area contributed by atoms with Crippen LogP contribution in [0.4, 0.5) is 0 Å². The number of aliphatic hydroxyl groups is 1. The Morgan fingerprint density at radius 3 is 3.12 bits per heavy atom. The average molecular weight is 240 g/mol. The highest BCUT2D eigenvalue weighted by molar-refractivity contribution is 4.95. The molecule has 1 saturated heterocycles. The van der Waals surface area contributed by atoms with Crippen molar-refractivity contribution in [3.05, 3.63) is 11.9 Å².